The Morgan fingerprint density at radius 2 is 2.04 bits per heavy atom. The molecule has 0 radical (unpaired) electrons. The predicted molar refractivity (Wildman–Crippen MR) is 99.0 cm³/mol. The number of carbonyl (C=O) groups excluding carboxylic acids is 1. The highest BCUT2D eigenvalue weighted by molar-refractivity contribution is 7.14. The number of thiazole rings is 1. The molecule has 5 nitrogen and oxygen atoms in total. The van der Waals surface area contributed by atoms with Gasteiger partial charge in [0.25, 0.3) is 5.91 Å². The number of hydrogen-bond donors (Lipinski definition) is 1. The maximum atomic E-state index is 12.6. The van der Waals surface area contributed by atoms with E-state index in [0.29, 0.717) is 27.8 Å². The minimum Gasteiger partial charge on any atom is -0.463 e. The zero-order chi connectivity index (χ0) is 17.4. The first-order valence-electron chi connectivity index (χ1n) is 7.79. The second-order valence-electron chi connectivity index (χ2n) is 5.79. The number of hydrogen-bond acceptors (Lipinski definition) is 5. The molecule has 1 amide bonds. The summed E-state index contributed by atoms with van der Waals surface area (Å²) in [6, 6.07) is 11.5. The Labute approximate surface area is 148 Å². The Kier molecular flexibility index (Phi) is 3.82. The van der Waals surface area contributed by atoms with Gasteiger partial charge in [-0.3, -0.25) is 15.1 Å². The number of nitrogens with one attached hydrogen (secondary N) is 1. The lowest BCUT2D eigenvalue weighted by Crippen LogP contribution is -2.14. The van der Waals surface area contributed by atoms with Gasteiger partial charge < -0.3 is 4.42 Å². The molecule has 1 N–H and O–H groups in total. The lowest BCUT2D eigenvalue weighted by Gasteiger charge is -2.07. The second kappa shape index (κ2) is 6.14. The molecule has 3 heterocycles. The number of rotatable bonds is 3. The van der Waals surface area contributed by atoms with Crippen LogP contribution >= 0.6 is 11.3 Å². The standard InChI is InChI=1S/C19H15N3O2S/c1-11-5-6-13-9-14(12(2)20-15(13)8-11)18(23)22-19-21-16(10-25-19)17-4-3-7-24-17/h3-10H,1-2H3,(H,21,22,23). The van der Waals surface area contributed by atoms with Crippen LogP contribution < -0.4 is 5.32 Å². The van der Waals surface area contributed by atoms with Gasteiger partial charge in [-0.15, -0.1) is 11.3 Å². The maximum absolute atomic E-state index is 12.6. The molecule has 0 saturated carbocycles. The minimum atomic E-state index is -0.215. The van der Waals surface area contributed by atoms with Crippen LogP contribution in [0.2, 0.25) is 0 Å². The van der Waals surface area contributed by atoms with Gasteiger partial charge in [0.1, 0.15) is 5.69 Å². The van der Waals surface area contributed by atoms with Crippen molar-refractivity contribution in [2.24, 2.45) is 0 Å². The smallest absolute Gasteiger partial charge is 0.259 e. The van der Waals surface area contributed by atoms with E-state index in [1.165, 1.54) is 11.3 Å². The molecule has 6 heteroatoms. The van der Waals surface area contributed by atoms with Gasteiger partial charge in [-0.2, -0.15) is 0 Å². The average Bonchev–Trinajstić information content (AvgIpc) is 3.25. The van der Waals surface area contributed by atoms with Crippen LogP contribution in [-0.4, -0.2) is 15.9 Å². The van der Waals surface area contributed by atoms with Crippen molar-refractivity contribution in [2.75, 3.05) is 5.32 Å². The van der Waals surface area contributed by atoms with Gasteiger partial charge in [-0.05, 0) is 43.7 Å². The summed E-state index contributed by atoms with van der Waals surface area (Å²) < 4.78 is 5.32. The third kappa shape index (κ3) is 3.04. The Morgan fingerprint density at radius 1 is 1.16 bits per heavy atom. The minimum absolute atomic E-state index is 0.215. The quantitative estimate of drug-likeness (QED) is 0.576. The van der Waals surface area contributed by atoms with E-state index in [1.807, 2.05) is 49.6 Å². The van der Waals surface area contributed by atoms with Crippen molar-refractivity contribution in [3.8, 4) is 11.5 Å². The van der Waals surface area contributed by atoms with Gasteiger partial charge in [-0.25, -0.2) is 4.98 Å². The number of aryl methyl sites for hydroxylation is 2. The largest absolute Gasteiger partial charge is 0.463 e. The molecule has 4 aromatic rings. The van der Waals surface area contributed by atoms with Crippen LogP contribution in [0.5, 0.6) is 0 Å². The molecule has 0 unspecified atom stereocenters. The highest BCUT2D eigenvalue weighted by Gasteiger charge is 2.14. The number of anilines is 1. The van der Waals surface area contributed by atoms with E-state index in [0.717, 1.165) is 16.5 Å². The fourth-order valence-corrected chi connectivity index (χ4v) is 3.33. The first-order valence-corrected chi connectivity index (χ1v) is 8.67. The molecule has 0 aliphatic heterocycles. The van der Waals surface area contributed by atoms with E-state index in [9.17, 15) is 4.79 Å². The van der Waals surface area contributed by atoms with E-state index < -0.39 is 0 Å². The summed E-state index contributed by atoms with van der Waals surface area (Å²) in [4.78, 5) is 21.6. The van der Waals surface area contributed by atoms with Crippen LogP contribution in [0.25, 0.3) is 22.4 Å². The van der Waals surface area contributed by atoms with Crippen molar-refractivity contribution in [3.05, 3.63) is 64.9 Å². The molecule has 4 rings (SSSR count). The monoisotopic (exact) mass is 349 g/mol. The zero-order valence-corrected chi connectivity index (χ0v) is 14.6. The highest BCUT2D eigenvalue weighted by Crippen LogP contribution is 2.26. The van der Waals surface area contributed by atoms with Crippen molar-refractivity contribution in [1.82, 2.24) is 9.97 Å². The first-order chi connectivity index (χ1) is 12.1. The van der Waals surface area contributed by atoms with Gasteiger partial charge in [-0.1, -0.05) is 12.1 Å². The highest BCUT2D eigenvalue weighted by atomic mass is 32.1. The number of aromatic nitrogens is 2. The molecule has 25 heavy (non-hydrogen) atoms. The molecular formula is C19H15N3O2S. The number of benzene rings is 1. The van der Waals surface area contributed by atoms with Gasteiger partial charge in [0.05, 0.1) is 23.0 Å². The Bertz CT molecular complexity index is 1070. The molecule has 1 aromatic carbocycles. The van der Waals surface area contributed by atoms with Crippen molar-refractivity contribution >= 4 is 33.3 Å². The molecule has 0 bridgehead atoms. The van der Waals surface area contributed by atoms with E-state index in [2.05, 4.69) is 15.3 Å². The molecule has 124 valence electrons. The summed E-state index contributed by atoms with van der Waals surface area (Å²) in [5.74, 6) is 0.462. The number of fused-ring (bicyclic) bond motifs is 1. The zero-order valence-electron chi connectivity index (χ0n) is 13.7. The molecule has 3 aromatic heterocycles. The molecule has 0 atom stereocenters. The molecule has 0 saturated heterocycles. The summed E-state index contributed by atoms with van der Waals surface area (Å²) in [6.07, 6.45) is 1.60. The van der Waals surface area contributed by atoms with Crippen molar-refractivity contribution in [2.45, 2.75) is 13.8 Å². The van der Waals surface area contributed by atoms with Crippen molar-refractivity contribution in [3.63, 3.8) is 0 Å². The summed E-state index contributed by atoms with van der Waals surface area (Å²) in [5, 5.41) is 6.16. The van der Waals surface area contributed by atoms with Gasteiger partial charge in [0, 0.05) is 10.8 Å². The Hall–Kier alpha value is -2.99. The third-order valence-electron chi connectivity index (χ3n) is 3.91. The third-order valence-corrected chi connectivity index (χ3v) is 4.66. The lowest BCUT2D eigenvalue weighted by molar-refractivity contribution is 0.102. The van der Waals surface area contributed by atoms with Crippen LogP contribution in [0.1, 0.15) is 21.6 Å². The lowest BCUT2D eigenvalue weighted by atomic mass is 10.1. The maximum Gasteiger partial charge on any atom is 0.259 e. The number of furan rings is 1. The summed E-state index contributed by atoms with van der Waals surface area (Å²) >= 11 is 1.36. The summed E-state index contributed by atoms with van der Waals surface area (Å²) in [6.45, 7) is 3.86. The molecule has 0 aliphatic rings. The Morgan fingerprint density at radius 3 is 2.84 bits per heavy atom. The van der Waals surface area contributed by atoms with Crippen molar-refractivity contribution < 1.29 is 9.21 Å². The average molecular weight is 349 g/mol. The van der Waals surface area contributed by atoms with Crippen LogP contribution in [0.4, 0.5) is 5.13 Å². The SMILES string of the molecule is Cc1ccc2cc(C(=O)Nc3nc(-c4ccco4)cs3)c(C)nc2c1. The number of carbonyl (C=O) groups is 1. The fraction of sp³-hybridized carbons (Fsp3) is 0.105. The Balaban J connectivity index is 1.62. The van der Waals surface area contributed by atoms with Crippen molar-refractivity contribution in [1.29, 1.82) is 0 Å². The normalized spacial score (nSPS) is 11.0. The van der Waals surface area contributed by atoms with Crippen LogP contribution in [-0.2, 0) is 0 Å². The van der Waals surface area contributed by atoms with Crippen LogP contribution in [0.3, 0.4) is 0 Å². The summed E-state index contributed by atoms with van der Waals surface area (Å²) in [5.41, 5.74) is 3.98. The topological polar surface area (TPSA) is 68.0 Å². The van der Waals surface area contributed by atoms with E-state index in [-0.39, 0.29) is 5.91 Å². The van der Waals surface area contributed by atoms with E-state index in [4.69, 9.17) is 4.42 Å². The molecule has 0 aliphatic carbocycles. The first kappa shape index (κ1) is 15.5. The van der Waals surface area contributed by atoms with Gasteiger partial charge >= 0.3 is 0 Å². The van der Waals surface area contributed by atoms with Gasteiger partial charge in [0.2, 0.25) is 0 Å². The van der Waals surface area contributed by atoms with Crippen LogP contribution in [0, 0.1) is 13.8 Å². The molecule has 0 fully saturated rings. The van der Waals surface area contributed by atoms with E-state index >= 15 is 0 Å². The van der Waals surface area contributed by atoms with E-state index in [1.54, 1.807) is 12.3 Å². The molecule has 0 spiro atoms. The molecular weight excluding hydrogens is 334 g/mol. The van der Waals surface area contributed by atoms with Gasteiger partial charge in [0.15, 0.2) is 10.9 Å². The number of nitrogens with zero attached hydrogens (tertiary/aromatic N) is 2. The second-order valence-corrected chi connectivity index (χ2v) is 6.64. The van der Waals surface area contributed by atoms with Crippen LogP contribution in [0.15, 0.2) is 52.5 Å². The number of amides is 1. The fourth-order valence-electron chi connectivity index (χ4n) is 2.64. The summed E-state index contributed by atoms with van der Waals surface area (Å²) in [7, 11) is 0. The predicted octanol–water partition coefficient (Wildman–Crippen LogP) is 4.82. The number of pyridine rings is 1.